The van der Waals surface area contributed by atoms with Crippen molar-refractivity contribution in [2.75, 3.05) is 26.2 Å². The molecule has 118 valence electrons. The summed E-state index contributed by atoms with van der Waals surface area (Å²) in [6.45, 7) is 9.92. The fourth-order valence-corrected chi connectivity index (χ4v) is 3.11. The van der Waals surface area contributed by atoms with Gasteiger partial charge in [-0.05, 0) is 45.6 Å². The lowest BCUT2D eigenvalue weighted by Gasteiger charge is -2.33. The van der Waals surface area contributed by atoms with Gasteiger partial charge in [0.25, 0.3) is 0 Å². The van der Waals surface area contributed by atoms with E-state index in [1.165, 1.54) is 25.8 Å². The molecule has 0 aromatic carbocycles. The van der Waals surface area contributed by atoms with Gasteiger partial charge in [0.15, 0.2) is 0 Å². The van der Waals surface area contributed by atoms with E-state index in [0.29, 0.717) is 12.6 Å². The van der Waals surface area contributed by atoms with Crippen LogP contribution < -0.4 is 11.1 Å². The molecule has 3 N–H and O–H groups in total. The number of nitrogens with one attached hydrogen (secondary N) is 1. The van der Waals surface area contributed by atoms with E-state index in [0.717, 1.165) is 32.4 Å². The summed E-state index contributed by atoms with van der Waals surface area (Å²) in [4.78, 5) is 14.8. The van der Waals surface area contributed by atoms with Crippen LogP contribution in [-0.2, 0) is 4.79 Å². The molecule has 1 aliphatic rings. The van der Waals surface area contributed by atoms with Gasteiger partial charge in [0.1, 0.15) is 0 Å². The molecule has 0 aromatic rings. The first-order chi connectivity index (χ1) is 9.59. The minimum absolute atomic E-state index is 0.136. The first-order valence-corrected chi connectivity index (χ1v) is 8.32. The Hall–Kier alpha value is -0.610. The van der Waals surface area contributed by atoms with E-state index in [1.807, 2.05) is 13.8 Å². The van der Waals surface area contributed by atoms with Gasteiger partial charge in [-0.25, -0.2) is 0 Å². The molecule has 0 spiro atoms. The van der Waals surface area contributed by atoms with Crippen LogP contribution in [0, 0.1) is 5.41 Å². The summed E-state index contributed by atoms with van der Waals surface area (Å²) >= 11 is 0. The first-order valence-electron chi connectivity index (χ1n) is 8.32. The van der Waals surface area contributed by atoms with Crippen molar-refractivity contribution in [3.8, 4) is 0 Å². The molecule has 4 heteroatoms. The maximum Gasteiger partial charge on any atom is 0.227 e. The predicted molar refractivity (Wildman–Crippen MR) is 84.6 cm³/mol. The lowest BCUT2D eigenvalue weighted by molar-refractivity contribution is -0.131. The molecule has 0 saturated carbocycles. The normalized spacial score (nSPS) is 20.9. The fourth-order valence-electron chi connectivity index (χ4n) is 3.11. The van der Waals surface area contributed by atoms with Crippen molar-refractivity contribution in [2.45, 2.75) is 65.3 Å². The van der Waals surface area contributed by atoms with Gasteiger partial charge in [0.2, 0.25) is 5.91 Å². The van der Waals surface area contributed by atoms with Crippen LogP contribution >= 0.6 is 0 Å². The van der Waals surface area contributed by atoms with Crippen LogP contribution in [0.25, 0.3) is 0 Å². The molecule has 0 aliphatic carbocycles. The molecule has 1 fully saturated rings. The maximum absolute atomic E-state index is 12.3. The monoisotopic (exact) mass is 283 g/mol. The van der Waals surface area contributed by atoms with Crippen LogP contribution in [0.15, 0.2) is 0 Å². The van der Waals surface area contributed by atoms with Crippen molar-refractivity contribution in [3.63, 3.8) is 0 Å². The molecule has 0 radical (unpaired) electrons. The smallest absolute Gasteiger partial charge is 0.227 e. The summed E-state index contributed by atoms with van der Waals surface area (Å²) in [5.41, 5.74) is 5.44. The van der Waals surface area contributed by atoms with Crippen molar-refractivity contribution in [3.05, 3.63) is 0 Å². The molecule has 20 heavy (non-hydrogen) atoms. The Kier molecular flexibility index (Phi) is 7.52. The summed E-state index contributed by atoms with van der Waals surface area (Å²) in [7, 11) is 0. The molecule has 1 rings (SSSR count). The van der Waals surface area contributed by atoms with Gasteiger partial charge in [0, 0.05) is 25.7 Å². The Morgan fingerprint density at radius 2 is 2.05 bits per heavy atom. The third-order valence-corrected chi connectivity index (χ3v) is 5.07. The molecular formula is C16H33N3O. The molecule has 1 unspecified atom stereocenters. The zero-order valence-corrected chi connectivity index (χ0v) is 13.6. The van der Waals surface area contributed by atoms with Crippen molar-refractivity contribution in [2.24, 2.45) is 11.1 Å². The lowest BCUT2D eigenvalue weighted by atomic mass is 9.81. The van der Waals surface area contributed by atoms with Crippen LogP contribution in [0.4, 0.5) is 0 Å². The zero-order chi connectivity index (χ0) is 15.0. The van der Waals surface area contributed by atoms with E-state index in [2.05, 4.69) is 17.1 Å². The number of piperidine rings is 1. The van der Waals surface area contributed by atoms with Gasteiger partial charge in [-0.3, -0.25) is 4.79 Å². The van der Waals surface area contributed by atoms with E-state index >= 15 is 0 Å². The van der Waals surface area contributed by atoms with Gasteiger partial charge in [-0.2, -0.15) is 0 Å². The van der Waals surface area contributed by atoms with E-state index < -0.39 is 0 Å². The quantitative estimate of drug-likeness (QED) is 0.671. The van der Waals surface area contributed by atoms with Crippen molar-refractivity contribution < 1.29 is 4.79 Å². The topological polar surface area (TPSA) is 58.4 Å². The maximum atomic E-state index is 12.3. The number of hydrogen-bond acceptors (Lipinski definition) is 3. The number of hydrogen-bond donors (Lipinski definition) is 2. The Morgan fingerprint density at radius 3 is 2.60 bits per heavy atom. The van der Waals surface area contributed by atoms with Crippen molar-refractivity contribution in [1.82, 2.24) is 10.2 Å². The van der Waals surface area contributed by atoms with Crippen LogP contribution in [0.3, 0.4) is 0 Å². The summed E-state index contributed by atoms with van der Waals surface area (Å²) in [5, 5.41) is 3.09. The molecule has 1 saturated heterocycles. The van der Waals surface area contributed by atoms with Crippen molar-refractivity contribution in [1.29, 1.82) is 0 Å². The second kappa shape index (κ2) is 8.63. The lowest BCUT2D eigenvalue weighted by Crippen LogP contribution is -2.46. The van der Waals surface area contributed by atoms with Gasteiger partial charge >= 0.3 is 0 Å². The second-order valence-corrected chi connectivity index (χ2v) is 6.18. The molecule has 4 nitrogen and oxygen atoms in total. The Labute approximate surface area is 124 Å². The fraction of sp³-hybridized carbons (Fsp3) is 0.938. The van der Waals surface area contributed by atoms with Gasteiger partial charge in [-0.15, -0.1) is 0 Å². The molecule has 1 heterocycles. The van der Waals surface area contributed by atoms with Crippen molar-refractivity contribution >= 4 is 5.91 Å². The summed E-state index contributed by atoms with van der Waals surface area (Å²) < 4.78 is 0. The van der Waals surface area contributed by atoms with Gasteiger partial charge < -0.3 is 16.0 Å². The number of nitrogens with zero attached hydrogens (tertiary/aromatic N) is 1. The molecule has 1 aliphatic heterocycles. The van der Waals surface area contributed by atoms with Crippen LogP contribution in [-0.4, -0.2) is 43.0 Å². The average Bonchev–Trinajstić information content (AvgIpc) is 2.48. The zero-order valence-electron chi connectivity index (χ0n) is 13.6. The Morgan fingerprint density at radius 1 is 1.35 bits per heavy atom. The number of nitrogens with two attached hydrogens (primary N) is 1. The van der Waals surface area contributed by atoms with E-state index in [9.17, 15) is 4.79 Å². The number of amides is 1. The van der Waals surface area contributed by atoms with E-state index in [1.54, 1.807) is 0 Å². The standard InChI is InChI=1S/C16H33N3O/c1-4-16(5-2,13-17)15(20)18-10-8-12-19-11-7-6-9-14(19)3/h14H,4-13,17H2,1-3H3,(H,18,20). The summed E-state index contributed by atoms with van der Waals surface area (Å²) in [6.07, 6.45) is 6.65. The highest BCUT2D eigenvalue weighted by atomic mass is 16.2. The molecular weight excluding hydrogens is 250 g/mol. The molecule has 0 bridgehead atoms. The Balaban J connectivity index is 2.27. The highest BCUT2D eigenvalue weighted by Gasteiger charge is 2.32. The predicted octanol–water partition coefficient (Wildman–Crippen LogP) is 2.13. The van der Waals surface area contributed by atoms with E-state index in [-0.39, 0.29) is 11.3 Å². The highest BCUT2D eigenvalue weighted by molar-refractivity contribution is 5.82. The average molecular weight is 283 g/mol. The number of carbonyl (C=O) groups is 1. The SMILES string of the molecule is CCC(CC)(CN)C(=O)NCCCN1CCCCC1C. The van der Waals surface area contributed by atoms with Crippen LogP contribution in [0.1, 0.15) is 59.3 Å². The minimum Gasteiger partial charge on any atom is -0.356 e. The van der Waals surface area contributed by atoms with Gasteiger partial charge in [-0.1, -0.05) is 20.3 Å². The number of likely N-dealkylation sites (tertiary alicyclic amines) is 1. The summed E-state index contributed by atoms with van der Waals surface area (Å²) in [6, 6.07) is 0.703. The van der Waals surface area contributed by atoms with Gasteiger partial charge in [0.05, 0.1) is 5.41 Å². The first kappa shape index (κ1) is 17.4. The minimum atomic E-state index is -0.363. The number of rotatable bonds is 8. The molecule has 1 atom stereocenters. The molecule has 0 aromatic heterocycles. The van der Waals surface area contributed by atoms with Crippen LogP contribution in [0.5, 0.6) is 0 Å². The Bertz CT molecular complexity index is 281. The second-order valence-electron chi connectivity index (χ2n) is 6.18. The molecule has 1 amide bonds. The van der Waals surface area contributed by atoms with E-state index in [4.69, 9.17) is 5.73 Å². The number of carbonyl (C=O) groups excluding carboxylic acids is 1. The third-order valence-electron chi connectivity index (χ3n) is 5.07. The summed E-state index contributed by atoms with van der Waals surface area (Å²) in [5.74, 6) is 0.136. The third kappa shape index (κ3) is 4.45. The highest BCUT2D eigenvalue weighted by Crippen LogP contribution is 2.24. The largest absolute Gasteiger partial charge is 0.356 e. The van der Waals surface area contributed by atoms with Crippen LogP contribution in [0.2, 0.25) is 0 Å².